The minimum absolute atomic E-state index is 0.247. The largest absolute Gasteiger partial charge is 0.345 e. The van der Waals surface area contributed by atoms with E-state index in [-0.39, 0.29) is 5.91 Å². The summed E-state index contributed by atoms with van der Waals surface area (Å²) in [4.78, 5) is 14.4. The molecule has 1 unspecified atom stereocenters. The summed E-state index contributed by atoms with van der Waals surface area (Å²) in [5, 5.41) is 3.56. The lowest BCUT2D eigenvalue weighted by molar-refractivity contribution is -0.132. The number of carbonyl (C=O) groups excluding carboxylic acids is 1. The first kappa shape index (κ1) is 16.1. The third-order valence-corrected chi connectivity index (χ3v) is 4.19. The first-order chi connectivity index (χ1) is 10.2. The molecule has 1 aliphatic carbocycles. The number of hydrogen-bond acceptors (Lipinski definition) is 2. The Hall–Kier alpha value is -1.29. The van der Waals surface area contributed by atoms with Gasteiger partial charge in [0.2, 0.25) is 5.91 Å². The second kappa shape index (κ2) is 7.64. The van der Waals surface area contributed by atoms with E-state index in [9.17, 15) is 4.79 Å². The Morgan fingerprint density at radius 1 is 1.43 bits per heavy atom. The SMILES string of the molecule is CCCNC(CC)c1ccn(CC(=O)N(CC)C2CC2)c1. The van der Waals surface area contributed by atoms with Crippen LogP contribution in [0.25, 0.3) is 0 Å². The summed E-state index contributed by atoms with van der Waals surface area (Å²) in [5.74, 6) is 0.247. The monoisotopic (exact) mass is 291 g/mol. The van der Waals surface area contributed by atoms with Crippen LogP contribution in [0, 0.1) is 0 Å². The third-order valence-electron chi connectivity index (χ3n) is 4.19. The normalized spacial score (nSPS) is 16.0. The number of amides is 1. The maximum Gasteiger partial charge on any atom is 0.242 e. The standard InChI is InChI=1S/C17H29N3O/c1-4-10-18-16(5-2)14-9-11-19(12-14)13-17(21)20(6-3)15-7-8-15/h9,11-12,15-16,18H,4-8,10,13H2,1-3H3. The van der Waals surface area contributed by atoms with Crippen LogP contribution in [0.15, 0.2) is 18.5 Å². The van der Waals surface area contributed by atoms with E-state index in [1.165, 1.54) is 18.4 Å². The van der Waals surface area contributed by atoms with Gasteiger partial charge in [0.15, 0.2) is 0 Å². The molecule has 0 spiro atoms. The van der Waals surface area contributed by atoms with Crippen molar-refractivity contribution in [3.8, 4) is 0 Å². The zero-order valence-electron chi connectivity index (χ0n) is 13.6. The van der Waals surface area contributed by atoms with Gasteiger partial charge in [-0.05, 0) is 50.8 Å². The van der Waals surface area contributed by atoms with Gasteiger partial charge in [-0.2, -0.15) is 0 Å². The van der Waals surface area contributed by atoms with E-state index in [4.69, 9.17) is 0 Å². The molecule has 2 rings (SSSR count). The van der Waals surface area contributed by atoms with E-state index in [0.29, 0.717) is 18.6 Å². The zero-order chi connectivity index (χ0) is 15.2. The summed E-state index contributed by atoms with van der Waals surface area (Å²) in [6.45, 7) is 8.78. The lowest BCUT2D eigenvalue weighted by Gasteiger charge is -2.20. The Kier molecular flexibility index (Phi) is 5.85. The summed E-state index contributed by atoms with van der Waals surface area (Å²) in [5.41, 5.74) is 1.29. The summed E-state index contributed by atoms with van der Waals surface area (Å²) in [7, 11) is 0. The van der Waals surface area contributed by atoms with E-state index >= 15 is 0 Å². The van der Waals surface area contributed by atoms with Crippen LogP contribution in [-0.4, -0.2) is 34.5 Å². The molecular formula is C17H29N3O. The summed E-state index contributed by atoms with van der Waals surface area (Å²) < 4.78 is 2.03. The van der Waals surface area contributed by atoms with Gasteiger partial charge >= 0.3 is 0 Å². The molecule has 118 valence electrons. The Morgan fingerprint density at radius 3 is 2.76 bits per heavy atom. The topological polar surface area (TPSA) is 37.3 Å². The molecule has 1 heterocycles. The van der Waals surface area contributed by atoms with Gasteiger partial charge in [0, 0.05) is 31.0 Å². The minimum atomic E-state index is 0.247. The van der Waals surface area contributed by atoms with Crippen LogP contribution in [-0.2, 0) is 11.3 Å². The van der Waals surface area contributed by atoms with Crippen LogP contribution in [0.5, 0.6) is 0 Å². The molecule has 0 bridgehead atoms. The van der Waals surface area contributed by atoms with Crippen molar-refractivity contribution in [3.05, 3.63) is 24.0 Å². The Labute approximate surface area is 128 Å². The molecule has 1 amide bonds. The molecular weight excluding hydrogens is 262 g/mol. The van der Waals surface area contributed by atoms with E-state index in [1.807, 2.05) is 15.7 Å². The third kappa shape index (κ3) is 4.34. The Balaban J connectivity index is 1.93. The molecule has 1 saturated carbocycles. The average molecular weight is 291 g/mol. The van der Waals surface area contributed by atoms with Crippen molar-refractivity contribution in [2.45, 2.75) is 65.1 Å². The van der Waals surface area contributed by atoms with Crippen molar-refractivity contribution in [2.75, 3.05) is 13.1 Å². The maximum absolute atomic E-state index is 12.3. The molecule has 0 radical (unpaired) electrons. The summed E-state index contributed by atoms with van der Waals surface area (Å²) >= 11 is 0. The Morgan fingerprint density at radius 2 is 2.19 bits per heavy atom. The molecule has 1 N–H and O–H groups in total. The molecule has 1 fully saturated rings. The summed E-state index contributed by atoms with van der Waals surface area (Å²) in [6.07, 6.45) is 8.72. The molecule has 1 atom stereocenters. The van der Waals surface area contributed by atoms with Crippen LogP contribution < -0.4 is 5.32 Å². The van der Waals surface area contributed by atoms with Crippen LogP contribution in [0.2, 0.25) is 0 Å². The molecule has 1 aromatic heterocycles. The minimum Gasteiger partial charge on any atom is -0.345 e. The van der Waals surface area contributed by atoms with E-state index < -0.39 is 0 Å². The van der Waals surface area contributed by atoms with Gasteiger partial charge in [0.05, 0.1) is 0 Å². The van der Waals surface area contributed by atoms with E-state index in [1.54, 1.807) is 0 Å². The smallest absolute Gasteiger partial charge is 0.242 e. The highest BCUT2D eigenvalue weighted by atomic mass is 16.2. The number of carbonyl (C=O) groups is 1. The highest BCUT2D eigenvalue weighted by molar-refractivity contribution is 5.76. The van der Waals surface area contributed by atoms with Gasteiger partial charge in [-0.3, -0.25) is 4.79 Å². The van der Waals surface area contributed by atoms with Gasteiger partial charge in [0.25, 0.3) is 0 Å². The summed E-state index contributed by atoms with van der Waals surface area (Å²) in [6, 6.07) is 3.04. The van der Waals surface area contributed by atoms with Crippen molar-refractivity contribution in [2.24, 2.45) is 0 Å². The van der Waals surface area contributed by atoms with E-state index in [2.05, 4.69) is 38.4 Å². The molecule has 4 heteroatoms. The molecule has 21 heavy (non-hydrogen) atoms. The van der Waals surface area contributed by atoms with Crippen LogP contribution >= 0.6 is 0 Å². The highest BCUT2D eigenvalue weighted by Gasteiger charge is 2.31. The number of nitrogens with zero attached hydrogens (tertiary/aromatic N) is 2. The highest BCUT2D eigenvalue weighted by Crippen LogP contribution is 2.27. The fourth-order valence-electron chi connectivity index (χ4n) is 2.85. The zero-order valence-corrected chi connectivity index (χ0v) is 13.6. The average Bonchev–Trinajstić information content (AvgIpc) is 3.20. The van der Waals surface area contributed by atoms with Gasteiger partial charge in [0.1, 0.15) is 6.54 Å². The molecule has 0 saturated heterocycles. The maximum atomic E-state index is 12.3. The Bertz CT molecular complexity index is 451. The van der Waals surface area contributed by atoms with Gasteiger partial charge in [-0.1, -0.05) is 13.8 Å². The van der Waals surface area contributed by atoms with Crippen molar-refractivity contribution >= 4 is 5.91 Å². The molecule has 0 aliphatic heterocycles. The van der Waals surface area contributed by atoms with Gasteiger partial charge < -0.3 is 14.8 Å². The number of aromatic nitrogens is 1. The van der Waals surface area contributed by atoms with E-state index in [0.717, 1.165) is 25.9 Å². The van der Waals surface area contributed by atoms with Crippen molar-refractivity contribution in [1.29, 1.82) is 0 Å². The quantitative estimate of drug-likeness (QED) is 0.759. The fourth-order valence-corrected chi connectivity index (χ4v) is 2.85. The van der Waals surface area contributed by atoms with Gasteiger partial charge in [-0.25, -0.2) is 0 Å². The number of likely N-dealkylation sites (N-methyl/N-ethyl adjacent to an activating group) is 1. The van der Waals surface area contributed by atoms with Crippen molar-refractivity contribution in [1.82, 2.24) is 14.8 Å². The van der Waals surface area contributed by atoms with Crippen LogP contribution in [0.3, 0.4) is 0 Å². The second-order valence-electron chi connectivity index (χ2n) is 5.94. The van der Waals surface area contributed by atoms with Crippen molar-refractivity contribution < 1.29 is 4.79 Å². The predicted octanol–water partition coefficient (Wildman–Crippen LogP) is 2.95. The van der Waals surface area contributed by atoms with Crippen molar-refractivity contribution in [3.63, 3.8) is 0 Å². The number of rotatable bonds is 9. The van der Waals surface area contributed by atoms with Crippen LogP contribution in [0.4, 0.5) is 0 Å². The molecule has 0 aromatic carbocycles. The fraction of sp³-hybridized carbons (Fsp3) is 0.706. The molecule has 4 nitrogen and oxygen atoms in total. The lowest BCUT2D eigenvalue weighted by atomic mass is 10.1. The van der Waals surface area contributed by atoms with Crippen LogP contribution in [0.1, 0.15) is 58.1 Å². The second-order valence-corrected chi connectivity index (χ2v) is 5.94. The van der Waals surface area contributed by atoms with Gasteiger partial charge in [-0.15, -0.1) is 0 Å². The first-order valence-electron chi connectivity index (χ1n) is 8.38. The molecule has 1 aromatic rings. The number of nitrogens with one attached hydrogen (secondary N) is 1. The first-order valence-corrected chi connectivity index (χ1v) is 8.38. The lowest BCUT2D eigenvalue weighted by Crippen LogP contribution is -2.35. The molecule has 1 aliphatic rings. The predicted molar refractivity (Wildman–Crippen MR) is 86.2 cm³/mol. The number of hydrogen-bond donors (Lipinski definition) is 1.